The first-order valence-electron chi connectivity index (χ1n) is 5.00. The number of aromatic nitrogens is 2. The number of nitrogens with two attached hydrogens (primary N) is 1. The van der Waals surface area contributed by atoms with Crippen molar-refractivity contribution < 1.29 is 15.4 Å². The van der Waals surface area contributed by atoms with Crippen molar-refractivity contribution in [1.82, 2.24) is 10.2 Å². The maximum absolute atomic E-state index is 8.93. The van der Waals surface area contributed by atoms with Gasteiger partial charge in [-0.3, -0.25) is 0 Å². The molecule has 8 heteroatoms. The second-order valence-electron chi connectivity index (χ2n) is 3.19. The molecule has 0 spiro atoms. The van der Waals surface area contributed by atoms with E-state index in [4.69, 9.17) is 21.2 Å². The summed E-state index contributed by atoms with van der Waals surface area (Å²) in [6.07, 6.45) is 1.41. The summed E-state index contributed by atoms with van der Waals surface area (Å²) in [5, 5.41) is 37.0. The fourth-order valence-electron chi connectivity index (χ4n) is 1.38. The van der Waals surface area contributed by atoms with Gasteiger partial charge in [-0.2, -0.15) is 5.10 Å². The summed E-state index contributed by atoms with van der Waals surface area (Å²) >= 11 is 0. The summed E-state index contributed by atoms with van der Waals surface area (Å²) in [5.41, 5.74) is 5.90. The molecule has 1 rings (SSSR count). The lowest BCUT2D eigenvalue weighted by Gasteiger charge is -2.22. The lowest BCUT2D eigenvalue weighted by Crippen LogP contribution is -2.33. The standard InChI is InChI=1S/C9H15N5O3/c10-8(13-17)7-1-2-11-12-9(7)14(3-5-15)4-6-16/h1-2,15-17H,3-6H2,(H2,10,13). The van der Waals surface area contributed by atoms with Crippen LogP contribution in [0.15, 0.2) is 17.4 Å². The molecule has 0 radical (unpaired) electrons. The van der Waals surface area contributed by atoms with Crippen LogP contribution in [-0.4, -0.2) is 57.8 Å². The van der Waals surface area contributed by atoms with Gasteiger partial charge in [0.1, 0.15) is 0 Å². The van der Waals surface area contributed by atoms with E-state index in [-0.39, 0.29) is 32.1 Å². The molecule has 0 aromatic carbocycles. The number of amidine groups is 1. The Balaban J connectivity index is 3.08. The molecule has 1 heterocycles. The number of rotatable bonds is 6. The zero-order valence-corrected chi connectivity index (χ0v) is 9.19. The Morgan fingerprint density at radius 2 is 2.00 bits per heavy atom. The highest BCUT2D eigenvalue weighted by Gasteiger charge is 2.15. The minimum absolute atomic E-state index is 0.101. The summed E-state index contributed by atoms with van der Waals surface area (Å²) in [5.74, 6) is 0.252. The number of aliphatic hydroxyl groups excluding tert-OH is 2. The molecule has 0 saturated heterocycles. The Bertz CT molecular complexity index is 379. The Morgan fingerprint density at radius 1 is 1.35 bits per heavy atom. The van der Waals surface area contributed by atoms with Gasteiger partial charge in [-0.25, -0.2) is 0 Å². The molecule has 0 saturated carbocycles. The molecule has 0 bridgehead atoms. The summed E-state index contributed by atoms with van der Waals surface area (Å²) in [7, 11) is 0. The molecule has 5 N–H and O–H groups in total. The summed E-state index contributed by atoms with van der Waals surface area (Å²) < 4.78 is 0. The Hall–Kier alpha value is -1.93. The maximum atomic E-state index is 8.93. The van der Waals surface area contributed by atoms with Crippen molar-refractivity contribution in [1.29, 1.82) is 0 Å². The molecule has 0 fully saturated rings. The monoisotopic (exact) mass is 241 g/mol. The number of hydrogen-bond donors (Lipinski definition) is 4. The van der Waals surface area contributed by atoms with Crippen molar-refractivity contribution in [2.45, 2.75) is 0 Å². The highest BCUT2D eigenvalue weighted by Crippen LogP contribution is 2.15. The van der Waals surface area contributed by atoms with Crippen LogP contribution >= 0.6 is 0 Å². The minimum Gasteiger partial charge on any atom is -0.409 e. The summed E-state index contributed by atoms with van der Waals surface area (Å²) in [6, 6.07) is 1.54. The molecule has 17 heavy (non-hydrogen) atoms. The van der Waals surface area contributed by atoms with Crippen LogP contribution in [0.3, 0.4) is 0 Å². The molecule has 94 valence electrons. The van der Waals surface area contributed by atoms with Gasteiger partial charge < -0.3 is 26.1 Å². The second-order valence-corrected chi connectivity index (χ2v) is 3.19. The number of hydrogen-bond acceptors (Lipinski definition) is 7. The van der Waals surface area contributed by atoms with Crippen LogP contribution in [0, 0.1) is 0 Å². The first-order valence-corrected chi connectivity index (χ1v) is 5.00. The minimum atomic E-state index is -0.105. The van der Waals surface area contributed by atoms with Crippen LogP contribution in [0.25, 0.3) is 0 Å². The van der Waals surface area contributed by atoms with Crippen molar-refractivity contribution >= 4 is 11.7 Å². The van der Waals surface area contributed by atoms with E-state index >= 15 is 0 Å². The van der Waals surface area contributed by atoms with Gasteiger partial charge in [-0.1, -0.05) is 5.16 Å². The van der Waals surface area contributed by atoms with Crippen LogP contribution in [0.1, 0.15) is 5.56 Å². The Kier molecular flexibility index (Phi) is 5.11. The third-order valence-corrected chi connectivity index (χ3v) is 2.12. The SMILES string of the molecule is N/C(=N/O)c1ccnnc1N(CCO)CCO. The fraction of sp³-hybridized carbons (Fsp3) is 0.444. The average Bonchev–Trinajstić information content (AvgIpc) is 2.37. The topological polar surface area (TPSA) is 128 Å². The van der Waals surface area contributed by atoms with Crippen LogP contribution < -0.4 is 10.6 Å². The molecule has 0 atom stereocenters. The first-order chi connectivity index (χ1) is 8.24. The van der Waals surface area contributed by atoms with Crippen LogP contribution in [0.5, 0.6) is 0 Å². The van der Waals surface area contributed by atoms with Crippen molar-refractivity contribution in [3.05, 3.63) is 17.8 Å². The van der Waals surface area contributed by atoms with Crippen LogP contribution in [-0.2, 0) is 0 Å². The first kappa shape index (κ1) is 13.1. The zero-order valence-electron chi connectivity index (χ0n) is 9.19. The fourth-order valence-corrected chi connectivity index (χ4v) is 1.38. The van der Waals surface area contributed by atoms with E-state index in [9.17, 15) is 0 Å². The highest BCUT2D eigenvalue weighted by molar-refractivity contribution is 6.01. The lowest BCUT2D eigenvalue weighted by molar-refractivity contribution is 0.280. The summed E-state index contributed by atoms with van der Waals surface area (Å²) in [4.78, 5) is 1.60. The van der Waals surface area contributed by atoms with Crippen LogP contribution in [0.4, 0.5) is 5.82 Å². The second kappa shape index (κ2) is 6.61. The number of anilines is 1. The van der Waals surface area contributed by atoms with E-state index in [1.807, 2.05) is 0 Å². The number of oxime groups is 1. The molecule has 0 aliphatic heterocycles. The van der Waals surface area contributed by atoms with E-state index in [1.165, 1.54) is 6.20 Å². The molecule has 0 aliphatic rings. The number of nitrogens with zero attached hydrogens (tertiary/aromatic N) is 4. The molecule has 1 aromatic heterocycles. The molecule has 0 aliphatic carbocycles. The molecule has 8 nitrogen and oxygen atoms in total. The van der Waals surface area contributed by atoms with Gasteiger partial charge in [0.2, 0.25) is 0 Å². The zero-order chi connectivity index (χ0) is 12.7. The van der Waals surface area contributed by atoms with E-state index in [2.05, 4.69) is 15.4 Å². The normalized spacial score (nSPS) is 11.5. The quantitative estimate of drug-likeness (QED) is 0.203. The van der Waals surface area contributed by atoms with E-state index in [0.29, 0.717) is 11.4 Å². The van der Waals surface area contributed by atoms with E-state index in [0.717, 1.165) is 0 Å². The Morgan fingerprint density at radius 3 is 2.53 bits per heavy atom. The van der Waals surface area contributed by atoms with Crippen molar-refractivity contribution in [2.75, 3.05) is 31.2 Å². The van der Waals surface area contributed by atoms with Crippen LogP contribution in [0.2, 0.25) is 0 Å². The Labute approximate surface area is 98.0 Å². The molecule has 1 aromatic rings. The molecular formula is C9H15N5O3. The van der Waals surface area contributed by atoms with Gasteiger partial charge >= 0.3 is 0 Å². The lowest BCUT2D eigenvalue weighted by atomic mass is 10.2. The molecular weight excluding hydrogens is 226 g/mol. The predicted molar refractivity (Wildman–Crippen MR) is 60.9 cm³/mol. The number of aliphatic hydroxyl groups is 2. The van der Waals surface area contributed by atoms with Gasteiger partial charge in [0.25, 0.3) is 0 Å². The van der Waals surface area contributed by atoms with Crippen molar-refractivity contribution in [2.24, 2.45) is 10.9 Å². The highest BCUT2D eigenvalue weighted by atomic mass is 16.4. The van der Waals surface area contributed by atoms with Gasteiger partial charge in [0, 0.05) is 13.1 Å². The third-order valence-electron chi connectivity index (χ3n) is 2.12. The van der Waals surface area contributed by atoms with E-state index in [1.54, 1.807) is 11.0 Å². The molecule has 0 unspecified atom stereocenters. The van der Waals surface area contributed by atoms with Gasteiger partial charge in [0.15, 0.2) is 11.7 Å². The van der Waals surface area contributed by atoms with Gasteiger partial charge in [-0.05, 0) is 6.07 Å². The summed E-state index contributed by atoms with van der Waals surface area (Å²) in [6.45, 7) is 0.328. The van der Waals surface area contributed by atoms with Gasteiger partial charge in [0.05, 0.1) is 25.0 Å². The molecule has 0 amide bonds. The average molecular weight is 241 g/mol. The van der Waals surface area contributed by atoms with E-state index < -0.39 is 0 Å². The largest absolute Gasteiger partial charge is 0.409 e. The van der Waals surface area contributed by atoms with Crippen molar-refractivity contribution in [3.8, 4) is 0 Å². The smallest absolute Gasteiger partial charge is 0.173 e. The maximum Gasteiger partial charge on any atom is 0.173 e. The van der Waals surface area contributed by atoms with Crippen molar-refractivity contribution in [3.63, 3.8) is 0 Å². The van der Waals surface area contributed by atoms with Gasteiger partial charge in [-0.15, -0.1) is 5.10 Å². The third kappa shape index (κ3) is 3.26. The predicted octanol–water partition coefficient (Wildman–Crippen LogP) is -1.64.